The normalized spacial score (nSPS) is 13.0. The van der Waals surface area contributed by atoms with Crippen molar-refractivity contribution in [2.45, 2.75) is 44.1 Å². The zero-order valence-electron chi connectivity index (χ0n) is 30.4. The highest BCUT2D eigenvalue weighted by Crippen LogP contribution is 2.48. The fourth-order valence-corrected chi connectivity index (χ4v) is 7.10. The second-order valence-corrected chi connectivity index (χ2v) is 14.7. The number of halogens is 2. The van der Waals surface area contributed by atoms with Crippen molar-refractivity contribution in [1.82, 2.24) is 10.3 Å². The fourth-order valence-electron chi connectivity index (χ4n) is 5.32. The Morgan fingerprint density at radius 1 is 0.927 bits per heavy atom. The molecule has 0 atom stereocenters. The van der Waals surface area contributed by atoms with E-state index in [0.29, 0.717) is 60.2 Å². The first-order chi connectivity index (χ1) is 26.6. The van der Waals surface area contributed by atoms with Gasteiger partial charge >= 0.3 is 0 Å². The van der Waals surface area contributed by atoms with Crippen molar-refractivity contribution < 1.29 is 37.4 Å². The molecule has 1 aromatic heterocycles. The fraction of sp³-hybridized carbons (Fsp3) is 0.275. The summed E-state index contributed by atoms with van der Waals surface area (Å²) >= 11 is 0. The van der Waals surface area contributed by atoms with E-state index in [-0.39, 0.29) is 23.1 Å². The highest BCUT2D eigenvalue weighted by molar-refractivity contribution is 8.76. The van der Waals surface area contributed by atoms with Gasteiger partial charge in [0, 0.05) is 41.8 Å². The average Bonchev–Trinajstić information content (AvgIpc) is 4.01. The Kier molecular flexibility index (Phi) is 14.7. The van der Waals surface area contributed by atoms with Gasteiger partial charge in [0.2, 0.25) is 17.7 Å². The van der Waals surface area contributed by atoms with Crippen molar-refractivity contribution in [3.63, 3.8) is 0 Å². The first-order valence-electron chi connectivity index (χ1n) is 17.5. The molecule has 11 nitrogen and oxygen atoms in total. The molecule has 15 heteroatoms. The number of benzene rings is 3. The number of amides is 3. The summed E-state index contributed by atoms with van der Waals surface area (Å²) in [6, 6.07) is 18.2. The molecule has 0 spiro atoms. The number of pyridine rings is 1. The van der Waals surface area contributed by atoms with Crippen LogP contribution < -0.4 is 30.2 Å². The molecule has 0 unspecified atom stereocenters. The molecule has 1 aliphatic carbocycles. The predicted molar refractivity (Wildman–Crippen MR) is 213 cm³/mol. The maximum Gasteiger partial charge on any atom is 0.240 e. The molecule has 4 aromatic rings. The number of hydrogen-bond acceptors (Lipinski definition) is 10. The molecule has 5 rings (SSSR count). The van der Waals surface area contributed by atoms with Crippen molar-refractivity contribution in [2.75, 3.05) is 36.6 Å². The number of ether oxygens (including phenoxy) is 3. The molecule has 0 radical (unpaired) electrons. The third-order valence-electron chi connectivity index (χ3n) is 8.48. The Balaban J connectivity index is 1.10. The minimum absolute atomic E-state index is 0.0257. The Morgan fingerprint density at radius 3 is 2.33 bits per heavy atom. The van der Waals surface area contributed by atoms with E-state index in [1.165, 1.54) is 65.1 Å². The molecular formula is C40H41F2N5O6S2. The summed E-state index contributed by atoms with van der Waals surface area (Å²) in [7, 11) is 4.41. The SMILES string of the molecule is C=Nc1cc(OCCCCCNC(=O)CSSc2ccccn2)c(OC)cc1/C(=C\C)Oc1ccc(NC(=O)C2(C(=O)Nc3ccc(F)cc3)CC2)cc1F. The van der Waals surface area contributed by atoms with E-state index >= 15 is 4.39 Å². The number of anilines is 2. The highest BCUT2D eigenvalue weighted by Gasteiger charge is 2.56. The second kappa shape index (κ2) is 19.8. The van der Waals surface area contributed by atoms with Crippen LogP contribution in [0.15, 0.2) is 95.1 Å². The number of allylic oxidation sites excluding steroid dienone is 1. The quantitative estimate of drug-likeness (QED) is 0.0264. The van der Waals surface area contributed by atoms with Gasteiger partial charge in [-0.05, 0) is 117 Å². The second-order valence-electron chi connectivity index (χ2n) is 12.3. The minimum atomic E-state index is -1.31. The zero-order chi connectivity index (χ0) is 39.2. The van der Waals surface area contributed by atoms with E-state index in [2.05, 4.69) is 32.6 Å². The van der Waals surface area contributed by atoms with Crippen LogP contribution in [0.1, 0.15) is 44.6 Å². The maximum absolute atomic E-state index is 15.4. The number of hydrogen-bond donors (Lipinski definition) is 3. The molecule has 1 saturated carbocycles. The first kappa shape index (κ1) is 40.8. The molecule has 1 fully saturated rings. The van der Waals surface area contributed by atoms with E-state index in [1.54, 1.807) is 31.3 Å². The summed E-state index contributed by atoms with van der Waals surface area (Å²) in [5.41, 5.74) is 0.101. The average molecular weight is 790 g/mol. The standard InChI is InChI=1S/C40H41F2N5O6S2/c1-4-32(53-33-16-15-28(22-30(33)42)47-39(50)40(17-18-40)38(49)46-27-13-11-26(41)12-14-27)29-23-34(51-3)35(24-31(29)43-2)52-21-9-5-7-19-44-36(48)25-54-55-37-10-6-8-20-45-37/h4,6,8,10-16,20,22-24H,2,5,7,9,17-19,21,25H2,1,3H3,(H,44,48)(H,46,49)(H,47,50)/b32-4+. The third kappa shape index (κ3) is 11.3. The first-order valence-corrected chi connectivity index (χ1v) is 19.8. The molecule has 0 aliphatic heterocycles. The number of methoxy groups -OCH3 is 1. The summed E-state index contributed by atoms with van der Waals surface area (Å²) < 4.78 is 46.2. The van der Waals surface area contributed by atoms with Gasteiger partial charge in [0.15, 0.2) is 23.1 Å². The Hall–Kier alpha value is -5.41. The van der Waals surface area contributed by atoms with Crippen molar-refractivity contribution in [3.05, 3.63) is 102 Å². The summed E-state index contributed by atoms with van der Waals surface area (Å²) in [6.45, 7) is 6.38. The lowest BCUT2D eigenvalue weighted by molar-refractivity contribution is -0.131. The number of carbonyl (C=O) groups excluding carboxylic acids is 3. The van der Waals surface area contributed by atoms with Crippen LogP contribution in [-0.4, -0.2) is 55.4 Å². The Labute approximate surface area is 326 Å². The van der Waals surface area contributed by atoms with Crippen LogP contribution >= 0.6 is 21.6 Å². The molecular weight excluding hydrogens is 749 g/mol. The van der Waals surface area contributed by atoms with Gasteiger partial charge < -0.3 is 30.2 Å². The molecule has 55 heavy (non-hydrogen) atoms. The molecule has 3 aromatic carbocycles. The van der Waals surface area contributed by atoms with E-state index in [9.17, 15) is 18.8 Å². The van der Waals surface area contributed by atoms with Gasteiger partial charge in [0.1, 0.15) is 22.0 Å². The van der Waals surface area contributed by atoms with Crippen LogP contribution in [0, 0.1) is 17.0 Å². The number of nitrogens with one attached hydrogen (secondary N) is 3. The van der Waals surface area contributed by atoms with Gasteiger partial charge in [-0.25, -0.2) is 13.8 Å². The van der Waals surface area contributed by atoms with Gasteiger partial charge in [0.05, 0.1) is 25.2 Å². The largest absolute Gasteiger partial charge is 0.493 e. The van der Waals surface area contributed by atoms with Crippen molar-refractivity contribution in [1.29, 1.82) is 0 Å². The highest BCUT2D eigenvalue weighted by atomic mass is 33.1. The number of carbonyl (C=O) groups is 3. The van der Waals surface area contributed by atoms with Crippen LogP contribution in [0.3, 0.4) is 0 Å². The number of rotatable bonds is 20. The molecule has 0 bridgehead atoms. The molecule has 3 amide bonds. The third-order valence-corrected chi connectivity index (χ3v) is 10.6. The van der Waals surface area contributed by atoms with Crippen molar-refractivity contribution in [3.8, 4) is 17.2 Å². The Morgan fingerprint density at radius 2 is 1.67 bits per heavy atom. The van der Waals surface area contributed by atoms with Crippen LogP contribution in [0.2, 0.25) is 0 Å². The van der Waals surface area contributed by atoms with Gasteiger partial charge in [-0.15, -0.1) is 0 Å². The van der Waals surface area contributed by atoms with E-state index in [0.717, 1.165) is 30.4 Å². The van der Waals surface area contributed by atoms with Crippen LogP contribution in [0.25, 0.3) is 5.76 Å². The number of aliphatic imine (C=N–C) groups is 1. The van der Waals surface area contributed by atoms with Crippen molar-refractivity contribution in [2.24, 2.45) is 10.4 Å². The smallest absolute Gasteiger partial charge is 0.240 e. The van der Waals surface area contributed by atoms with E-state index < -0.39 is 28.9 Å². The maximum atomic E-state index is 15.4. The van der Waals surface area contributed by atoms with Crippen molar-refractivity contribution >= 4 is 68.8 Å². The lowest BCUT2D eigenvalue weighted by atomic mass is 10.0. The number of aromatic nitrogens is 1. The lowest BCUT2D eigenvalue weighted by Gasteiger charge is -2.18. The van der Waals surface area contributed by atoms with Gasteiger partial charge in [-0.2, -0.15) is 0 Å². The minimum Gasteiger partial charge on any atom is -0.493 e. The molecule has 3 N–H and O–H groups in total. The van der Waals surface area contributed by atoms with Crippen LogP contribution in [-0.2, 0) is 14.4 Å². The summed E-state index contributed by atoms with van der Waals surface area (Å²) in [4.78, 5) is 46.5. The molecule has 1 aliphatic rings. The zero-order valence-corrected chi connectivity index (χ0v) is 32.0. The molecule has 288 valence electrons. The van der Waals surface area contributed by atoms with E-state index in [4.69, 9.17) is 14.2 Å². The topological polar surface area (TPSA) is 140 Å². The summed E-state index contributed by atoms with van der Waals surface area (Å²) in [6.07, 6.45) is 6.38. The number of nitrogens with zero attached hydrogens (tertiary/aromatic N) is 2. The van der Waals surface area contributed by atoms with Crippen LogP contribution in [0.5, 0.6) is 17.2 Å². The molecule has 0 saturated heterocycles. The van der Waals surface area contributed by atoms with Gasteiger partial charge in [-0.3, -0.25) is 19.4 Å². The Bertz CT molecular complexity index is 2010. The summed E-state index contributed by atoms with van der Waals surface area (Å²) in [5.74, 6) is -0.965. The lowest BCUT2D eigenvalue weighted by Crippen LogP contribution is -2.35. The monoisotopic (exact) mass is 789 g/mol. The van der Waals surface area contributed by atoms with Gasteiger partial charge in [-0.1, -0.05) is 16.9 Å². The summed E-state index contributed by atoms with van der Waals surface area (Å²) in [5, 5.41) is 9.07. The van der Waals surface area contributed by atoms with E-state index in [1.807, 2.05) is 18.2 Å². The van der Waals surface area contributed by atoms with Crippen LogP contribution in [0.4, 0.5) is 25.8 Å². The molecule has 1 heterocycles. The predicted octanol–water partition coefficient (Wildman–Crippen LogP) is 8.60. The number of unbranched alkanes of at least 4 members (excludes halogenated alkanes) is 2. The van der Waals surface area contributed by atoms with Gasteiger partial charge in [0.25, 0.3) is 0 Å².